The van der Waals surface area contributed by atoms with E-state index < -0.39 is 0 Å². The molecule has 3 heteroatoms. The van der Waals surface area contributed by atoms with Gasteiger partial charge in [-0.25, -0.2) is 0 Å². The van der Waals surface area contributed by atoms with E-state index in [4.69, 9.17) is 11.6 Å². The third-order valence-corrected chi connectivity index (χ3v) is 2.26. The molecule has 0 rings (SSSR count). The van der Waals surface area contributed by atoms with E-state index in [2.05, 4.69) is 25.1 Å². The molecule has 0 aromatic rings. The van der Waals surface area contributed by atoms with Crippen LogP contribution in [-0.4, -0.2) is 24.6 Å². The monoisotopic (exact) mass is 179 g/mol. The first-order valence-corrected chi connectivity index (χ1v) is 4.90. The van der Waals surface area contributed by atoms with E-state index in [-0.39, 0.29) is 0 Å². The zero-order valence-corrected chi connectivity index (χ0v) is 8.06. The van der Waals surface area contributed by atoms with Gasteiger partial charge < -0.3 is 5.32 Å². The minimum absolute atomic E-state index is 0.649. The van der Waals surface area contributed by atoms with Gasteiger partial charge in [-0.3, -0.25) is 0 Å². The lowest BCUT2D eigenvalue weighted by Crippen LogP contribution is -2.23. The topological polar surface area (TPSA) is 12.0 Å². The molecular weight excluding hydrogens is 166 g/mol. The third kappa shape index (κ3) is 6.46. The Bertz CT molecular complexity index is 106. The highest BCUT2D eigenvalue weighted by atomic mass is 35.5. The van der Waals surface area contributed by atoms with Crippen molar-refractivity contribution in [3.05, 3.63) is 11.6 Å². The van der Waals surface area contributed by atoms with E-state index in [1.807, 2.05) is 11.8 Å². The fourth-order valence-corrected chi connectivity index (χ4v) is 0.873. The van der Waals surface area contributed by atoms with E-state index in [1.165, 1.54) is 0 Å². The van der Waals surface area contributed by atoms with Crippen LogP contribution in [0.5, 0.6) is 0 Å². The van der Waals surface area contributed by atoms with Crippen molar-refractivity contribution in [1.29, 1.82) is 0 Å². The highest BCUT2D eigenvalue weighted by molar-refractivity contribution is 7.99. The normalized spacial score (nSPS) is 13.1. The first kappa shape index (κ1) is 10.3. The van der Waals surface area contributed by atoms with E-state index in [0.29, 0.717) is 16.8 Å². The second-order valence-electron chi connectivity index (χ2n) is 2.19. The van der Waals surface area contributed by atoms with Gasteiger partial charge in [-0.2, -0.15) is 11.8 Å². The van der Waals surface area contributed by atoms with Crippen LogP contribution in [0.4, 0.5) is 0 Å². The van der Waals surface area contributed by atoms with Crippen molar-refractivity contribution in [1.82, 2.24) is 5.32 Å². The fraction of sp³-hybridized carbons (Fsp3) is 0.714. The van der Waals surface area contributed by atoms with E-state index >= 15 is 0 Å². The summed E-state index contributed by atoms with van der Waals surface area (Å²) in [4.78, 5) is 0. The van der Waals surface area contributed by atoms with Crippen LogP contribution in [0.15, 0.2) is 11.6 Å². The molecule has 10 heavy (non-hydrogen) atoms. The number of nitrogens with one attached hydrogen (secondary N) is 1. The van der Waals surface area contributed by atoms with Crippen LogP contribution in [0.1, 0.15) is 6.92 Å². The van der Waals surface area contributed by atoms with Gasteiger partial charge in [-0.1, -0.05) is 25.1 Å². The molecule has 0 aliphatic carbocycles. The number of halogens is 1. The number of hydrogen-bond acceptors (Lipinski definition) is 2. The summed E-state index contributed by atoms with van der Waals surface area (Å²) in [7, 11) is 0. The standard InChI is InChI=1S/C7H14ClNS/c1-6(8)4-9-5-7(2)10-3/h7,9H,1,4-5H2,2-3H3. The van der Waals surface area contributed by atoms with Crippen LogP contribution >= 0.6 is 23.4 Å². The van der Waals surface area contributed by atoms with Gasteiger partial charge in [-0.15, -0.1) is 0 Å². The first-order valence-electron chi connectivity index (χ1n) is 3.23. The maximum Gasteiger partial charge on any atom is 0.0307 e. The van der Waals surface area contributed by atoms with Gasteiger partial charge in [0.05, 0.1) is 0 Å². The summed E-state index contributed by atoms with van der Waals surface area (Å²) in [5, 5.41) is 4.51. The smallest absolute Gasteiger partial charge is 0.0307 e. The Morgan fingerprint density at radius 2 is 2.40 bits per heavy atom. The second kappa shape index (κ2) is 6.08. The minimum atomic E-state index is 0.649. The summed E-state index contributed by atoms with van der Waals surface area (Å²) in [6.07, 6.45) is 2.10. The molecule has 0 saturated carbocycles. The Balaban J connectivity index is 3.11. The van der Waals surface area contributed by atoms with Crippen molar-refractivity contribution >= 4 is 23.4 Å². The van der Waals surface area contributed by atoms with Crippen molar-refractivity contribution < 1.29 is 0 Å². The van der Waals surface area contributed by atoms with Gasteiger partial charge in [0, 0.05) is 23.4 Å². The molecule has 0 spiro atoms. The van der Waals surface area contributed by atoms with Gasteiger partial charge in [0.15, 0.2) is 0 Å². The Hall–Kier alpha value is 0.340. The Kier molecular flexibility index (Phi) is 6.28. The zero-order chi connectivity index (χ0) is 7.98. The quantitative estimate of drug-likeness (QED) is 0.694. The lowest BCUT2D eigenvalue weighted by Gasteiger charge is -2.08. The van der Waals surface area contributed by atoms with Crippen molar-refractivity contribution in [2.75, 3.05) is 19.3 Å². The second-order valence-corrected chi connectivity index (χ2v) is 4.01. The van der Waals surface area contributed by atoms with Gasteiger partial charge >= 0.3 is 0 Å². The molecule has 1 atom stereocenters. The Morgan fingerprint density at radius 1 is 1.80 bits per heavy atom. The van der Waals surface area contributed by atoms with Gasteiger partial charge in [0.1, 0.15) is 0 Å². The average molecular weight is 180 g/mol. The Morgan fingerprint density at radius 3 is 2.80 bits per heavy atom. The molecule has 0 aliphatic heterocycles. The summed E-state index contributed by atoms with van der Waals surface area (Å²) in [6, 6.07) is 0. The zero-order valence-electron chi connectivity index (χ0n) is 6.48. The van der Waals surface area contributed by atoms with Gasteiger partial charge in [-0.05, 0) is 6.26 Å². The molecule has 0 amide bonds. The molecule has 0 saturated heterocycles. The lowest BCUT2D eigenvalue weighted by atomic mass is 10.4. The summed E-state index contributed by atoms with van der Waals surface area (Å²) >= 11 is 7.38. The molecule has 0 radical (unpaired) electrons. The molecule has 0 aromatic heterocycles. The molecule has 0 bridgehead atoms. The van der Waals surface area contributed by atoms with E-state index in [9.17, 15) is 0 Å². The molecule has 0 aliphatic rings. The summed E-state index contributed by atoms with van der Waals surface area (Å²) in [5.41, 5.74) is 0. The van der Waals surface area contributed by atoms with Crippen molar-refractivity contribution in [3.63, 3.8) is 0 Å². The molecule has 0 fully saturated rings. The lowest BCUT2D eigenvalue weighted by molar-refractivity contribution is 0.737. The summed E-state index contributed by atoms with van der Waals surface area (Å²) in [5.74, 6) is 0. The molecular formula is C7H14ClNS. The summed E-state index contributed by atoms with van der Waals surface area (Å²) < 4.78 is 0. The van der Waals surface area contributed by atoms with Crippen LogP contribution in [0, 0.1) is 0 Å². The van der Waals surface area contributed by atoms with Crippen molar-refractivity contribution in [2.24, 2.45) is 0 Å². The van der Waals surface area contributed by atoms with Gasteiger partial charge in [0.25, 0.3) is 0 Å². The van der Waals surface area contributed by atoms with Crippen LogP contribution in [0.25, 0.3) is 0 Å². The average Bonchev–Trinajstić information content (AvgIpc) is 1.87. The predicted molar refractivity (Wildman–Crippen MR) is 50.8 cm³/mol. The highest BCUT2D eigenvalue weighted by Crippen LogP contribution is 2.02. The molecule has 0 heterocycles. The predicted octanol–water partition coefficient (Wildman–Crippen LogP) is 2.08. The third-order valence-electron chi connectivity index (χ3n) is 1.15. The molecule has 1 N–H and O–H groups in total. The number of hydrogen-bond donors (Lipinski definition) is 1. The van der Waals surface area contributed by atoms with E-state index in [0.717, 1.165) is 6.54 Å². The van der Waals surface area contributed by atoms with Crippen molar-refractivity contribution in [2.45, 2.75) is 12.2 Å². The first-order chi connectivity index (χ1) is 4.66. The van der Waals surface area contributed by atoms with Crippen LogP contribution in [0.2, 0.25) is 0 Å². The van der Waals surface area contributed by atoms with Crippen LogP contribution in [-0.2, 0) is 0 Å². The molecule has 1 nitrogen and oxygen atoms in total. The van der Waals surface area contributed by atoms with E-state index in [1.54, 1.807) is 0 Å². The van der Waals surface area contributed by atoms with Crippen LogP contribution < -0.4 is 5.32 Å². The Labute approximate surface area is 72.2 Å². The number of rotatable bonds is 5. The number of thioether (sulfide) groups is 1. The largest absolute Gasteiger partial charge is 0.311 e. The summed E-state index contributed by atoms with van der Waals surface area (Å²) in [6.45, 7) is 7.46. The highest BCUT2D eigenvalue weighted by Gasteiger charge is 1.96. The van der Waals surface area contributed by atoms with Crippen LogP contribution in [0.3, 0.4) is 0 Å². The fourth-order valence-electron chi connectivity index (χ4n) is 0.494. The van der Waals surface area contributed by atoms with Gasteiger partial charge in [0.2, 0.25) is 0 Å². The maximum atomic E-state index is 5.54. The van der Waals surface area contributed by atoms with Crippen molar-refractivity contribution in [3.8, 4) is 0 Å². The minimum Gasteiger partial charge on any atom is -0.311 e. The SMILES string of the molecule is C=C(Cl)CNCC(C)SC. The molecule has 1 unspecified atom stereocenters. The molecule has 60 valence electrons. The molecule has 0 aromatic carbocycles. The maximum absolute atomic E-state index is 5.54.